The van der Waals surface area contributed by atoms with Gasteiger partial charge in [0.05, 0.1) is 6.04 Å². The first kappa shape index (κ1) is 13.6. The first-order valence-corrected chi connectivity index (χ1v) is 7.27. The number of furan rings is 1. The van der Waals surface area contributed by atoms with E-state index in [1.165, 1.54) is 31.4 Å². The molecule has 3 nitrogen and oxygen atoms in total. The number of rotatable bonds is 3. The topological polar surface area (TPSA) is 51.2 Å². The molecule has 1 aromatic carbocycles. The van der Waals surface area contributed by atoms with Gasteiger partial charge in [0.25, 0.3) is 0 Å². The standard InChI is InChI=1S/C16H21FN2O/c1-16(7-3-2-4-8-16)15(19-18)14-10-11-9-12(17)5-6-13(11)20-14/h5-6,9-10,15,19H,2-4,7-8,18H2,1H3. The van der Waals surface area contributed by atoms with Crippen LogP contribution in [-0.2, 0) is 0 Å². The lowest BCUT2D eigenvalue weighted by molar-refractivity contribution is 0.130. The van der Waals surface area contributed by atoms with Crippen molar-refractivity contribution in [2.24, 2.45) is 11.3 Å². The molecule has 1 heterocycles. The number of halogens is 1. The Labute approximate surface area is 118 Å². The largest absolute Gasteiger partial charge is 0.459 e. The van der Waals surface area contributed by atoms with Gasteiger partial charge in [0.1, 0.15) is 17.2 Å². The summed E-state index contributed by atoms with van der Waals surface area (Å²) in [5, 5.41) is 0.791. The predicted octanol–water partition coefficient (Wildman–Crippen LogP) is 4.05. The molecule has 1 saturated carbocycles. The lowest BCUT2D eigenvalue weighted by Crippen LogP contribution is -2.40. The van der Waals surface area contributed by atoms with Crippen LogP contribution in [0.1, 0.15) is 50.8 Å². The maximum Gasteiger partial charge on any atom is 0.134 e. The molecular formula is C16H21FN2O. The van der Waals surface area contributed by atoms with Crippen LogP contribution < -0.4 is 11.3 Å². The Kier molecular flexibility index (Phi) is 3.52. The average Bonchev–Trinajstić information content (AvgIpc) is 2.82. The second-order valence-corrected chi connectivity index (χ2v) is 6.15. The molecule has 4 heteroatoms. The summed E-state index contributed by atoms with van der Waals surface area (Å²) in [7, 11) is 0. The van der Waals surface area contributed by atoms with Crippen LogP contribution >= 0.6 is 0 Å². The van der Waals surface area contributed by atoms with Crippen LogP contribution in [0.4, 0.5) is 4.39 Å². The molecule has 0 spiro atoms. The zero-order valence-corrected chi connectivity index (χ0v) is 11.8. The zero-order chi connectivity index (χ0) is 14.2. The van der Waals surface area contributed by atoms with Crippen LogP contribution in [0.5, 0.6) is 0 Å². The van der Waals surface area contributed by atoms with Crippen molar-refractivity contribution < 1.29 is 8.81 Å². The van der Waals surface area contributed by atoms with E-state index >= 15 is 0 Å². The minimum atomic E-state index is -0.244. The maximum absolute atomic E-state index is 13.3. The van der Waals surface area contributed by atoms with Crippen LogP contribution in [0.25, 0.3) is 11.0 Å². The number of nitrogens with two attached hydrogens (primary N) is 1. The van der Waals surface area contributed by atoms with Crippen molar-refractivity contribution >= 4 is 11.0 Å². The lowest BCUT2D eigenvalue weighted by atomic mass is 9.70. The van der Waals surface area contributed by atoms with Gasteiger partial charge in [-0.15, -0.1) is 0 Å². The van der Waals surface area contributed by atoms with Gasteiger partial charge in [-0.1, -0.05) is 26.2 Å². The van der Waals surface area contributed by atoms with Crippen molar-refractivity contribution in [2.75, 3.05) is 0 Å². The molecule has 2 aromatic rings. The molecule has 1 fully saturated rings. The Bertz CT molecular complexity index is 602. The van der Waals surface area contributed by atoms with Crippen LogP contribution in [0.3, 0.4) is 0 Å². The van der Waals surface area contributed by atoms with Gasteiger partial charge in [-0.3, -0.25) is 5.84 Å². The summed E-state index contributed by atoms with van der Waals surface area (Å²) < 4.78 is 19.2. The van der Waals surface area contributed by atoms with Crippen molar-refractivity contribution in [3.63, 3.8) is 0 Å². The quantitative estimate of drug-likeness (QED) is 0.657. The molecule has 3 rings (SSSR count). The van der Waals surface area contributed by atoms with E-state index in [0.29, 0.717) is 5.58 Å². The molecule has 3 N–H and O–H groups in total. The smallest absolute Gasteiger partial charge is 0.134 e. The van der Waals surface area contributed by atoms with E-state index in [9.17, 15) is 4.39 Å². The molecule has 0 bridgehead atoms. The summed E-state index contributed by atoms with van der Waals surface area (Å²) in [6.07, 6.45) is 6.01. The van der Waals surface area contributed by atoms with E-state index in [0.717, 1.165) is 24.0 Å². The molecule has 1 unspecified atom stereocenters. The van der Waals surface area contributed by atoms with Crippen LogP contribution in [0, 0.1) is 11.2 Å². The van der Waals surface area contributed by atoms with Crippen molar-refractivity contribution in [1.29, 1.82) is 0 Å². The fourth-order valence-corrected chi connectivity index (χ4v) is 3.45. The average molecular weight is 276 g/mol. The van der Waals surface area contributed by atoms with Crippen molar-refractivity contribution in [2.45, 2.75) is 45.1 Å². The SMILES string of the molecule is CC1(C(NN)c2cc3cc(F)ccc3o2)CCCCC1. The van der Waals surface area contributed by atoms with E-state index < -0.39 is 0 Å². The first-order chi connectivity index (χ1) is 9.62. The van der Waals surface area contributed by atoms with Gasteiger partial charge in [0, 0.05) is 5.39 Å². The Hall–Kier alpha value is -1.39. The molecule has 1 aromatic heterocycles. The summed E-state index contributed by atoms with van der Waals surface area (Å²) in [4.78, 5) is 0. The molecule has 108 valence electrons. The Balaban J connectivity index is 1.98. The fraction of sp³-hybridized carbons (Fsp3) is 0.500. The fourth-order valence-electron chi connectivity index (χ4n) is 3.45. The zero-order valence-electron chi connectivity index (χ0n) is 11.8. The second kappa shape index (κ2) is 5.19. The highest BCUT2D eigenvalue weighted by atomic mass is 19.1. The molecule has 0 radical (unpaired) electrons. The Morgan fingerprint density at radius 3 is 2.70 bits per heavy atom. The van der Waals surface area contributed by atoms with Gasteiger partial charge in [0.15, 0.2) is 0 Å². The van der Waals surface area contributed by atoms with Gasteiger partial charge in [-0.25, -0.2) is 9.82 Å². The third-order valence-electron chi connectivity index (χ3n) is 4.64. The van der Waals surface area contributed by atoms with Gasteiger partial charge in [-0.05, 0) is 42.5 Å². The highest BCUT2D eigenvalue weighted by molar-refractivity contribution is 5.78. The molecule has 1 aliphatic rings. The third-order valence-corrected chi connectivity index (χ3v) is 4.64. The van der Waals surface area contributed by atoms with Crippen molar-refractivity contribution in [3.8, 4) is 0 Å². The highest BCUT2D eigenvalue weighted by Gasteiger charge is 2.37. The molecule has 1 atom stereocenters. The molecule has 0 amide bonds. The minimum absolute atomic E-state index is 0.0294. The first-order valence-electron chi connectivity index (χ1n) is 7.27. The number of hydrogen-bond donors (Lipinski definition) is 2. The second-order valence-electron chi connectivity index (χ2n) is 6.15. The number of hydrogen-bond acceptors (Lipinski definition) is 3. The van der Waals surface area contributed by atoms with E-state index in [-0.39, 0.29) is 17.3 Å². The molecule has 20 heavy (non-hydrogen) atoms. The number of nitrogens with one attached hydrogen (secondary N) is 1. The Morgan fingerprint density at radius 1 is 1.25 bits per heavy atom. The number of benzene rings is 1. The molecule has 0 saturated heterocycles. The van der Waals surface area contributed by atoms with Crippen LogP contribution in [-0.4, -0.2) is 0 Å². The van der Waals surface area contributed by atoms with E-state index in [1.807, 2.05) is 6.07 Å². The van der Waals surface area contributed by atoms with E-state index in [1.54, 1.807) is 6.07 Å². The van der Waals surface area contributed by atoms with Gasteiger partial charge < -0.3 is 4.42 Å². The monoisotopic (exact) mass is 276 g/mol. The van der Waals surface area contributed by atoms with Gasteiger partial charge in [0.2, 0.25) is 0 Å². The lowest BCUT2D eigenvalue weighted by Gasteiger charge is -2.39. The van der Waals surface area contributed by atoms with Crippen molar-refractivity contribution in [3.05, 3.63) is 35.8 Å². The minimum Gasteiger partial charge on any atom is -0.459 e. The summed E-state index contributed by atoms with van der Waals surface area (Å²) >= 11 is 0. The summed E-state index contributed by atoms with van der Waals surface area (Å²) in [6, 6.07) is 6.47. The van der Waals surface area contributed by atoms with E-state index in [2.05, 4.69) is 12.3 Å². The highest BCUT2D eigenvalue weighted by Crippen LogP contribution is 2.46. The van der Waals surface area contributed by atoms with Crippen LogP contribution in [0.15, 0.2) is 28.7 Å². The Morgan fingerprint density at radius 2 is 2.00 bits per heavy atom. The number of hydrazine groups is 1. The molecule has 0 aliphatic heterocycles. The van der Waals surface area contributed by atoms with Gasteiger partial charge >= 0.3 is 0 Å². The van der Waals surface area contributed by atoms with Gasteiger partial charge in [-0.2, -0.15) is 0 Å². The summed E-state index contributed by atoms with van der Waals surface area (Å²) in [5.74, 6) is 6.35. The third kappa shape index (κ3) is 2.34. The molecular weight excluding hydrogens is 255 g/mol. The molecule has 1 aliphatic carbocycles. The van der Waals surface area contributed by atoms with Crippen molar-refractivity contribution in [1.82, 2.24) is 5.43 Å². The number of fused-ring (bicyclic) bond motifs is 1. The van der Waals surface area contributed by atoms with Crippen LogP contribution in [0.2, 0.25) is 0 Å². The maximum atomic E-state index is 13.3. The predicted molar refractivity (Wildman–Crippen MR) is 77.4 cm³/mol. The van der Waals surface area contributed by atoms with E-state index in [4.69, 9.17) is 10.3 Å². The summed E-state index contributed by atoms with van der Waals surface area (Å²) in [6.45, 7) is 2.25. The normalized spacial score (nSPS) is 20.1. The summed E-state index contributed by atoms with van der Waals surface area (Å²) in [5.41, 5.74) is 3.72.